The van der Waals surface area contributed by atoms with Crippen molar-refractivity contribution in [2.24, 2.45) is 5.73 Å². The molecule has 1 amide bonds. The molecule has 1 aromatic carbocycles. The molecule has 5 nitrogen and oxygen atoms in total. The van der Waals surface area contributed by atoms with Crippen molar-refractivity contribution in [3.05, 3.63) is 28.2 Å². The fourth-order valence-corrected chi connectivity index (χ4v) is 2.25. The minimum absolute atomic E-state index is 0.0633. The SMILES string of the molecule is NC(=O)c1ccc(OCC2CNCCO2)cc1Br. The van der Waals surface area contributed by atoms with Gasteiger partial charge in [-0.25, -0.2) is 0 Å². The van der Waals surface area contributed by atoms with Gasteiger partial charge in [-0.15, -0.1) is 0 Å². The molecule has 1 aliphatic rings. The van der Waals surface area contributed by atoms with Gasteiger partial charge in [0.15, 0.2) is 0 Å². The van der Waals surface area contributed by atoms with E-state index < -0.39 is 5.91 Å². The number of halogens is 1. The molecule has 1 aliphatic heterocycles. The number of rotatable bonds is 4. The molecule has 1 unspecified atom stereocenters. The number of nitrogens with two attached hydrogens (primary N) is 1. The Morgan fingerprint density at radius 3 is 3.06 bits per heavy atom. The average Bonchev–Trinajstić information content (AvgIpc) is 2.37. The molecule has 18 heavy (non-hydrogen) atoms. The first-order valence-electron chi connectivity index (χ1n) is 5.71. The van der Waals surface area contributed by atoms with E-state index in [0.717, 1.165) is 13.1 Å². The van der Waals surface area contributed by atoms with E-state index in [4.69, 9.17) is 15.2 Å². The Morgan fingerprint density at radius 2 is 2.44 bits per heavy atom. The molecule has 6 heteroatoms. The molecule has 0 aliphatic carbocycles. The van der Waals surface area contributed by atoms with Crippen molar-refractivity contribution in [1.29, 1.82) is 0 Å². The number of hydrogen-bond donors (Lipinski definition) is 2. The third kappa shape index (κ3) is 3.44. The van der Waals surface area contributed by atoms with Gasteiger partial charge >= 0.3 is 0 Å². The number of carbonyl (C=O) groups excluding carboxylic acids is 1. The van der Waals surface area contributed by atoms with Crippen LogP contribution in [-0.4, -0.2) is 38.3 Å². The molecule has 3 N–H and O–H groups in total. The second kappa shape index (κ2) is 6.17. The number of morpholine rings is 1. The number of nitrogens with one attached hydrogen (secondary N) is 1. The van der Waals surface area contributed by atoms with Crippen LogP contribution in [0.2, 0.25) is 0 Å². The maximum Gasteiger partial charge on any atom is 0.249 e. The Hall–Kier alpha value is -1.11. The van der Waals surface area contributed by atoms with Gasteiger partial charge in [0.25, 0.3) is 0 Å². The highest BCUT2D eigenvalue weighted by Gasteiger charge is 2.14. The van der Waals surface area contributed by atoms with E-state index in [-0.39, 0.29) is 6.10 Å². The standard InChI is InChI=1S/C12H15BrN2O3/c13-11-5-8(1-2-10(11)12(14)16)18-7-9-6-15-3-4-17-9/h1-2,5,9,15H,3-4,6-7H2,(H2,14,16). The van der Waals surface area contributed by atoms with Crippen LogP contribution in [0, 0.1) is 0 Å². The Balaban J connectivity index is 1.93. The number of ether oxygens (including phenoxy) is 2. The van der Waals surface area contributed by atoms with Crippen molar-refractivity contribution in [3.8, 4) is 5.75 Å². The fourth-order valence-electron chi connectivity index (χ4n) is 1.70. The quantitative estimate of drug-likeness (QED) is 0.866. The lowest BCUT2D eigenvalue weighted by Crippen LogP contribution is -2.41. The Bertz CT molecular complexity index is 433. The van der Waals surface area contributed by atoms with E-state index in [0.29, 0.717) is 29.0 Å². The van der Waals surface area contributed by atoms with Gasteiger partial charge in [-0.3, -0.25) is 4.79 Å². The van der Waals surface area contributed by atoms with Crippen LogP contribution in [0.3, 0.4) is 0 Å². The maximum atomic E-state index is 11.1. The summed E-state index contributed by atoms with van der Waals surface area (Å²) < 4.78 is 11.8. The van der Waals surface area contributed by atoms with E-state index in [9.17, 15) is 4.79 Å². The van der Waals surface area contributed by atoms with Crippen LogP contribution >= 0.6 is 15.9 Å². The fraction of sp³-hybridized carbons (Fsp3) is 0.417. The summed E-state index contributed by atoms with van der Waals surface area (Å²) in [7, 11) is 0. The van der Waals surface area contributed by atoms with Crippen molar-refractivity contribution in [3.63, 3.8) is 0 Å². The number of hydrogen-bond acceptors (Lipinski definition) is 4. The molecule has 1 heterocycles. The summed E-state index contributed by atoms with van der Waals surface area (Å²) in [5, 5.41) is 3.23. The topological polar surface area (TPSA) is 73.6 Å². The molecule has 0 radical (unpaired) electrons. The van der Waals surface area contributed by atoms with E-state index in [2.05, 4.69) is 21.2 Å². The van der Waals surface area contributed by atoms with Gasteiger partial charge in [-0.05, 0) is 34.1 Å². The summed E-state index contributed by atoms with van der Waals surface area (Å²) in [6.07, 6.45) is 0.0633. The second-order valence-electron chi connectivity index (χ2n) is 4.01. The Kier molecular flexibility index (Phi) is 4.57. The predicted molar refractivity (Wildman–Crippen MR) is 70.8 cm³/mol. The molecule has 1 atom stereocenters. The molecule has 1 saturated heterocycles. The Labute approximate surface area is 114 Å². The lowest BCUT2D eigenvalue weighted by atomic mass is 10.2. The molecule has 1 aromatic rings. The van der Waals surface area contributed by atoms with Gasteiger partial charge < -0.3 is 20.5 Å². The summed E-state index contributed by atoms with van der Waals surface area (Å²) in [4.78, 5) is 11.1. The molecule has 1 fully saturated rings. The first kappa shape index (κ1) is 13.3. The lowest BCUT2D eigenvalue weighted by molar-refractivity contribution is 0.000179. The summed E-state index contributed by atoms with van der Waals surface area (Å²) in [6, 6.07) is 5.10. The van der Waals surface area contributed by atoms with Crippen LogP contribution in [0.5, 0.6) is 5.75 Å². The summed E-state index contributed by atoms with van der Waals surface area (Å²) in [6.45, 7) is 2.86. The molecule has 0 saturated carbocycles. The molecular weight excluding hydrogens is 300 g/mol. The first-order valence-corrected chi connectivity index (χ1v) is 6.50. The minimum atomic E-state index is -0.465. The van der Waals surface area contributed by atoms with Gasteiger partial charge in [-0.1, -0.05) is 0 Å². The van der Waals surface area contributed by atoms with E-state index in [1.54, 1.807) is 18.2 Å². The van der Waals surface area contributed by atoms with E-state index in [1.807, 2.05) is 0 Å². The summed E-state index contributed by atoms with van der Waals surface area (Å²) in [5.41, 5.74) is 5.66. The third-order valence-electron chi connectivity index (χ3n) is 2.65. The van der Waals surface area contributed by atoms with Gasteiger partial charge in [0.1, 0.15) is 18.5 Å². The normalized spacial score (nSPS) is 19.5. The van der Waals surface area contributed by atoms with E-state index >= 15 is 0 Å². The van der Waals surface area contributed by atoms with Gasteiger partial charge in [-0.2, -0.15) is 0 Å². The monoisotopic (exact) mass is 314 g/mol. The van der Waals surface area contributed by atoms with Crippen LogP contribution < -0.4 is 15.8 Å². The molecule has 2 rings (SSSR count). The van der Waals surface area contributed by atoms with Crippen LogP contribution in [0.1, 0.15) is 10.4 Å². The zero-order valence-corrected chi connectivity index (χ0v) is 11.4. The summed E-state index contributed by atoms with van der Waals surface area (Å²) >= 11 is 3.29. The van der Waals surface area contributed by atoms with Crippen LogP contribution in [0.25, 0.3) is 0 Å². The number of amides is 1. The lowest BCUT2D eigenvalue weighted by Gasteiger charge is -2.23. The summed E-state index contributed by atoms with van der Waals surface area (Å²) in [5.74, 6) is 0.217. The van der Waals surface area contributed by atoms with Crippen LogP contribution in [-0.2, 0) is 4.74 Å². The van der Waals surface area contributed by atoms with Crippen molar-refractivity contribution in [1.82, 2.24) is 5.32 Å². The largest absolute Gasteiger partial charge is 0.491 e. The smallest absolute Gasteiger partial charge is 0.249 e. The first-order chi connectivity index (χ1) is 8.66. The van der Waals surface area contributed by atoms with Crippen LogP contribution in [0.4, 0.5) is 0 Å². The number of carbonyl (C=O) groups is 1. The zero-order valence-electron chi connectivity index (χ0n) is 9.82. The van der Waals surface area contributed by atoms with E-state index in [1.165, 1.54) is 0 Å². The number of primary amides is 1. The molecular formula is C12H15BrN2O3. The van der Waals surface area contributed by atoms with Crippen molar-refractivity contribution in [2.45, 2.75) is 6.10 Å². The molecule has 0 aromatic heterocycles. The molecule has 98 valence electrons. The highest BCUT2D eigenvalue weighted by molar-refractivity contribution is 9.10. The molecule has 0 spiro atoms. The predicted octanol–water partition coefficient (Wildman–Crippen LogP) is 0.915. The van der Waals surface area contributed by atoms with Crippen molar-refractivity contribution >= 4 is 21.8 Å². The number of benzene rings is 1. The highest BCUT2D eigenvalue weighted by atomic mass is 79.9. The van der Waals surface area contributed by atoms with Gasteiger partial charge in [0.05, 0.1) is 12.2 Å². The maximum absolute atomic E-state index is 11.1. The van der Waals surface area contributed by atoms with Crippen molar-refractivity contribution in [2.75, 3.05) is 26.3 Å². The minimum Gasteiger partial charge on any atom is -0.491 e. The third-order valence-corrected chi connectivity index (χ3v) is 3.30. The Morgan fingerprint density at radius 1 is 1.61 bits per heavy atom. The van der Waals surface area contributed by atoms with Gasteiger partial charge in [0, 0.05) is 17.6 Å². The second-order valence-corrected chi connectivity index (χ2v) is 4.87. The molecule has 0 bridgehead atoms. The average molecular weight is 315 g/mol. The highest BCUT2D eigenvalue weighted by Crippen LogP contribution is 2.23. The van der Waals surface area contributed by atoms with Gasteiger partial charge in [0.2, 0.25) is 5.91 Å². The zero-order chi connectivity index (χ0) is 13.0. The van der Waals surface area contributed by atoms with Crippen molar-refractivity contribution < 1.29 is 14.3 Å². The van der Waals surface area contributed by atoms with Crippen LogP contribution in [0.15, 0.2) is 22.7 Å².